The minimum atomic E-state index is 0.303. The SMILES string of the molecule is N#CCc1nc2ccccn2c1-c1ccc2ncsc2c1. The van der Waals surface area contributed by atoms with E-state index in [0.29, 0.717) is 6.42 Å². The molecule has 0 atom stereocenters. The molecule has 3 aromatic heterocycles. The van der Waals surface area contributed by atoms with E-state index in [9.17, 15) is 0 Å². The van der Waals surface area contributed by atoms with E-state index in [0.717, 1.165) is 32.8 Å². The third-order valence-corrected chi connectivity index (χ3v) is 4.25. The van der Waals surface area contributed by atoms with Crippen LogP contribution >= 0.6 is 11.3 Å². The molecule has 0 aliphatic carbocycles. The van der Waals surface area contributed by atoms with Gasteiger partial charge in [0, 0.05) is 11.8 Å². The maximum Gasteiger partial charge on any atom is 0.137 e. The normalized spacial score (nSPS) is 11.0. The molecule has 0 fully saturated rings. The third-order valence-electron chi connectivity index (χ3n) is 3.45. The second kappa shape index (κ2) is 4.69. The van der Waals surface area contributed by atoms with Crippen molar-refractivity contribution in [1.82, 2.24) is 14.4 Å². The van der Waals surface area contributed by atoms with Crippen LogP contribution in [0.4, 0.5) is 0 Å². The van der Waals surface area contributed by atoms with Crippen molar-refractivity contribution < 1.29 is 0 Å². The van der Waals surface area contributed by atoms with Crippen LogP contribution in [-0.2, 0) is 6.42 Å². The van der Waals surface area contributed by atoms with Gasteiger partial charge in [-0.2, -0.15) is 5.26 Å². The highest BCUT2D eigenvalue weighted by Crippen LogP contribution is 2.29. The zero-order valence-electron chi connectivity index (χ0n) is 11.0. The number of imidazole rings is 1. The lowest BCUT2D eigenvalue weighted by Crippen LogP contribution is -1.91. The molecule has 0 spiro atoms. The monoisotopic (exact) mass is 290 g/mol. The number of nitriles is 1. The summed E-state index contributed by atoms with van der Waals surface area (Å²) in [4.78, 5) is 8.88. The van der Waals surface area contributed by atoms with Crippen molar-refractivity contribution in [3.8, 4) is 17.3 Å². The summed E-state index contributed by atoms with van der Waals surface area (Å²) in [6.45, 7) is 0. The van der Waals surface area contributed by atoms with Gasteiger partial charge in [0.2, 0.25) is 0 Å². The summed E-state index contributed by atoms with van der Waals surface area (Å²) >= 11 is 1.62. The van der Waals surface area contributed by atoms with Gasteiger partial charge in [-0.3, -0.25) is 4.40 Å². The van der Waals surface area contributed by atoms with Crippen molar-refractivity contribution in [3.05, 3.63) is 53.8 Å². The van der Waals surface area contributed by atoms with E-state index in [4.69, 9.17) is 5.26 Å². The summed E-state index contributed by atoms with van der Waals surface area (Å²) in [7, 11) is 0. The van der Waals surface area contributed by atoms with Gasteiger partial charge in [-0.05, 0) is 24.3 Å². The Balaban J connectivity index is 2.03. The Bertz CT molecular complexity index is 990. The van der Waals surface area contributed by atoms with Crippen LogP contribution < -0.4 is 0 Å². The molecule has 0 aliphatic heterocycles. The Kier molecular flexibility index (Phi) is 2.69. The highest BCUT2D eigenvalue weighted by Gasteiger charge is 2.14. The van der Waals surface area contributed by atoms with Crippen LogP contribution in [0.2, 0.25) is 0 Å². The van der Waals surface area contributed by atoms with Crippen molar-refractivity contribution in [1.29, 1.82) is 5.26 Å². The molecule has 100 valence electrons. The van der Waals surface area contributed by atoms with E-state index in [-0.39, 0.29) is 0 Å². The van der Waals surface area contributed by atoms with Gasteiger partial charge in [0.25, 0.3) is 0 Å². The molecule has 4 nitrogen and oxygen atoms in total. The first-order valence-corrected chi connectivity index (χ1v) is 7.41. The van der Waals surface area contributed by atoms with Gasteiger partial charge < -0.3 is 0 Å². The van der Waals surface area contributed by atoms with Crippen molar-refractivity contribution in [2.24, 2.45) is 0 Å². The summed E-state index contributed by atoms with van der Waals surface area (Å²) in [6, 6.07) is 14.3. The quantitative estimate of drug-likeness (QED) is 0.566. The molecular formula is C16H10N4S. The van der Waals surface area contributed by atoms with E-state index < -0.39 is 0 Å². The average Bonchev–Trinajstić information content (AvgIpc) is 3.10. The Morgan fingerprint density at radius 3 is 3.10 bits per heavy atom. The fourth-order valence-corrected chi connectivity index (χ4v) is 3.27. The first-order valence-electron chi connectivity index (χ1n) is 6.53. The molecule has 0 saturated carbocycles. The lowest BCUT2D eigenvalue weighted by molar-refractivity contribution is 1.16. The van der Waals surface area contributed by atoms with Crippen LogP contribution in [0.25, 0.3) is 27.1 Å². The van der Waals surface area contributed by atoms with Gasteiger partial charge in [0.1, 0.15) is 5.65 Å². The maximum atomic E-state index is 9.05. The summed E-state index contributed by atoms with van der Waals surface area (Å²) in [6.07, 6.45) is 2.28. The van der Waals surface area contributed by atoms with Crippen molar-refractivity contribution >= 4 is 27.2 Å². The topological polar surface area (TPSA) is 54.0 Å². The van der Waals surface area contributed by atoms with E-state index in [1.54, 1.807) is 11.3 Å². The smallest absolute Gasteiger partial charge is 0.137 e. The van der Waals surface area contributed by atoms with E-state index in [1.807, 2.05) is 46.4 Å². The highest BCUT2D eigenvalue weighted by molar-refractivity contribution is 7.16. The third kappa shape index (κ3) is 1.89. The molecule has 5 heteroatoms. The largest absolute Gasteiger partial charge is 0.299 e. The second-order valence-electron chi connectivity index (χ2n) is 4.71. The van der Waals surface area contributed by atoms with Gasteiger partial charge >= 0.3 is 0 Å². The molecule has 21 heavy (non-hydrogen) atoms. The number of fused-ring (bicyclic) bond motifs is 2. The standard InChI is InChI=1S/C16H10N4S/c17-7-6-13-16(20-8-2-1-3-15(20)19-13)11-4-5-12-14(9-11)21-10-18-12/h1-5,8-10H,6H2. The molecule has 0 bridgehead atoms. The molecule has 0 N–H and O–H groups in total. The van der Waals surface area contributed by atoms with Crippen molar-refractivity contribution in [3.63, 3.8) is 0 Å². The summed E-state index contributed by atoms with van der Waals surface area (Å²) in [5.41, 5.74) is 6.58. The Morgan fingerprint density at radius 1 is 1.24 bits per heavy atom. The number of pyridine rings is 1. The highest BCUT2D eigenvalue weighted by atomic mass is 32.1. The van der Waals surface area contributed by atoms with Crippen LogP contribution in [0.1, 0.15) is 5.69 Å². The molecule has 0 saturated heterocycles. The van der Waals surface area contributed by atoms with Crippen LogP contribution in [0.15, 0.2) is 48.1 Å². The number of hydrogen-bond acceptors (Lipinski definition) is 4. The fourth-order valence-electron chi connectivity index (χ4n) is 2.55. The zero-order chi connectivity index (χ0) is 14.2. The number of rotatable bonds is 2. The summed E-state index contributed by atoms with van der Waals surface area (Å²) < 4.78 is 3.18. The van der Waals surface area contributed by atoms with Crippen molar-refractivity contribution in [2.45, 2.75) is 6.42 Å². The van der Waals surface area contributed by atoms with Gasteiger partial charge in [0.05, 0.1) is 39.6 Å². The maximum absolute atomic E-state index is 9.05. The molecule has 4 aromatic rings. The van der Waals surface area contributed by atoms with Crippen LogP contribution in [0.5, 0.6) is 0 Å². The Hall–Kier alpha value is -2.71. The predicted octanol–water partition coefficient (Wildman–Crippen LogP) is 3.68. The first kappa shape index (κ1) is 12.1. The van der Waals surface area contributed by atoms with Gasteiger partial charge in [0.15, 0.2) is 0 Å². The zero-order valence-corrected chi connectivity index (χ0v) is 11.8. The number of aromatic nitrogens is 3. The second-order valence-corrected chi connectivity index (χ2v) is 5.59. The van der Waals surface area contributed by atoms with Gasteiger partial charge in [-0.25, -0.2) is 9.97 Å². The van der Waals surface area contributed by atoms with Crippen LogP contribution in [0, 0.1) is 11.3 Å². The minimum absolute atomic E-state index is 0.303. The summed E-state index contributed by atoms with van der Waals surface area (Å²) in [5.74, 6) is 0. The summed E-state index contributed by atoms with van der Waals surface area (Å²) in [5, 5.41) is 9.05. The lowest BCUT2D eigenvalue weighted by Gasteiger charge is -2.04. The molecular weight excluding hydrogens is 280 g/mol. The van der Waals surface area contributed by atoms with Crippen LogP contribution in [0.3, 0.4) is 0 Å². The minimum Gasteiger partial charge on any atom is -0.299 e. The number of benzene rings is 1. The molecule has 0 unspecified atom stereocenters. The number of thiazole rings is 1. The molecule has 4 rings (SSSR count). The molecule has 1 aromatic carbocycles. The molecule has 0 amide bonds. The molecule has 0 radical (unpaired) electrons. The van der Waals surface area contributed by atoms with Crippen LogP contribution in [-0.4, -0.2) is 14.4 Å². The van der Waals surface area contributed by atoms with E-state index in [2.05, 4.69) is 22.1 Å². The number of hydrogen-bond donors (Lipinski definition) is 0. The van der Waals surface area contributed by atoms with Gasteiger partial charge in [-0.1, -0.05) is 12.1 Å². The molecule has 0 aliphatic rings. The number of nitrogens with zero attached hydrogens (tertiary/aromatic N) is 4. The van der Waals surface area contributed by atoms with Gasteiger partial charge in [-0.15, -0.1) is 11.3 Å². The van der Waals surface area contributed by atoms with E-state index in [1.165, 1.54) is 0 Å². The average molecular weight is 290 g/mol. The first-order chi connectivity index (χ1) is 10.4. The fraction of sp³-hybridized carbons (Fsp3) is 0.0625. The Labute approximate surface area is 124 Å². The Morgan fingerprint density at radius 2 is 2.19 bits per heavy atom. The molecule has 3 heterocycles. The van der Waals surface area contributed by atoms with E-state index >= 15 is 0 Å². The van der Waals surface area contributed by atoms with Crippen molar-refractivity contribution in [2.75, 3.05) is 0 Å². The predicted molar refractivity (Wildman–Crippen MR) is 83.1 cm³/mol. The lowest BCUT2D eigenvalue weighted by atomic mass is 10.1.